The fourth-order valence-corrected chi connectivity index (χ4v) is 1.75. The van der Waals surface area contributed by atoms with Gasteiger partial charge in [-0.05, 0) is 23.8 Å². The Bertz CT molecular complexity index is 552. The molecule has 2 rings (SSSR count). The molecule has 0 radical (unpaired) electrons. The molecule has 4 heteroatoms. The molecular weight excluding hydrogens is 244 g/mol. The van der Waals surface area contributed by atoms with Crippen LogP contribution in [-0.4, -0.2) is 17.3 Å². The molecule has 4 nitrogen and oxygen atoms in total. The summed E-state index contributed by atoms with van der Waals surface area (Å²) in [5.41, 5.74) is 1.45. The first-order valence-electron chi connectivity index (χ1n) is 5.93. The topological polar surface area (TPSA) is 58.9 Å². The molecule has 0 saturated heterocycles. The van der Waals surface area contributed by atoms with E-state index in [1.165, 1.54) is 0 Å². The highest BCUT2D eigenvalue weighted by molar-refractivity contribution is 5.46. The highest BCUT2D eigenvalue weighted by atomic mass is 16.5. The molecule has 0 aliphatic rings. The van der Waals surface area contributed by atoms with E-state index in [0.29, 0.717) is 22.8 Å². The highest BCUT2D eigenvalue weighted by Gasteiger charge is 2.09. The van der Waals surface area contributed by atoms with Crippen LogP contribution >= 0.6 is 0 Å². The molecule has 2 aromatic rings. The second kappa shape index (κ2) is 6.22. The minimum absolute atomic E-state index is 0.0517. The van der Waals surface area contributed by atoms with E-state index in [2.05, 4.69) is 0 Å². The quantitative estimate of drug-likeness (QED) is 0.867. The molecule has 0 aliphatic heterocycles. The molecule has 0 atom stereocenters. The van der Waals surface area contributed by atoms with E-state index in [1.54, 1.807) is 37.4 Å². The fourth-order valence-electron chi connectivity index (χ4n) is 1.75. The maximum Gasteiger partial charge on any atom is 0.169 e. The van der Waals surface area contributed by atoms with Crippen molar-refractivity contribution in [3.8, 4) is 17.2 Å². The largest absolute Gasteiger partial charge is 0.493 e. The highest BCUT2D eigenvalue weighted by Crippen LogP contribution is 2.33. The van der Waals surface area contributed by atoms with Gasteiger partial charge in [0.25, 0.3) is 0 Å². The zero-order chi connectivity index (χ0) is 13.7. The lowest BCUT2D eigenvalue weighted by atomic mass is 10.2. The zero-order valence-corrected chi connectivity index (χ0v) is 10.7. The van der Waals surface area contributed by atoms with Gasteiger partial charge >= 0.3 is 0 Å². The SMILES string of the molecule is COc1cc(CO)ccc1Oc1ccccc1CO. The molecule has 2 aromatic carbocycles. The number of aliphatic hydroxyl groups is 2. The Kier molecular flexibility index (Phi) is 4.39. The van der Waals surface area contributed by atoms with E-state index < -0.39 is 0 Å². The van der Waals surface area contributed by atoms with Crippen LogP contribution in [0.15, 0.2) is 42.5 Å². The number of rotatable bonds is 5. The zero-order valence-electron chi connectivity index (χ0n) is 10.7. The number of methoxy groups -OCH3 is 1. The van der Waals surface area contributed by atoms with E-state index >= 15 is 0 Å². The van der Waals surface area contributed by atoms with Crippen molar-refractivity contribution < 1.29 is 19.7 Å². The molecule has 0 bridgehead atoms. The Balaban J connectivity index is 2.32. The van der Waals surface area contributed by atoms with E-state index in [-0.39, 0.29) is 13.2 Å². The summed E-state index contributed by atoms with van der Waals surface area (Å²) in [4.78, 5) is 0. The molecule has 19 heavy (non-hydrogen) atoms. The van der Waals surface area contributed by atoms with Gasteiger partial charge in [-0.2, -0.15) is 0 Å². The number of ether oxygens (including phenoxy) is 2. The first kappa shape index (κ1) is 13.4. The summed E-state index contributed by atoms with van der Waals surface area (Å²) in [6.45, 7) is -0.142. The third-order valence-electron chi connectivity index (χ3n) is 2.77. The number of benzene rings is 2. The van der Waals surface area contributed by atoms with E-state index in [4.69, 9.17) is 14.6 Å². The Morgan fingerprint density at radius 1 is 0.895 bits per heavy atom. The molecule has 2 N–H and O–H groups in total. The van der Waals surface area contributed by atoms with Crippen molar-refractivity contribution in [3.05, 3.63) is 53.6 Å². The molecule has 0 unspecified atom stereocenters. The molecular formula is C15H16O4. The van der Waals surface area contributed by atoms with Gasteiger partial charge in [-0.1, -0.05) is 24.3 Å². The van der Waals surface area contributed by atoms with Gasteiger partial charge in [-0.15, -0.1) is 0 Å². The predicted octanol–water partition coefficient (Wildman–Crippen LogP) is 2.47. The van der Waals surface area contributed by atoms with Crippen LogP contribution in [0.25, 0.3) is 0 Å². The van der Waals surface area contributed by atoms with Crippen LogP contribution in [0.2, 0.25) is 0 Å². The van der Waals surface area contributed by atoms with Crippen LogP contribution in [0.1, 0.15) is 11.1 Å². The van der Waals surface area contributed by atoms with Crippen molar-refractivity contribution in [3.63, 3.8) is 0 Å². The van der Waals surface area contributed by atoms with Crippen molar-refractivity contribution in [2.24, 2.45) is 0 Å². The normalized spacial score (nSPS) is 10.3. The van der Waals surface area contributed by atoms with Crippen molar-refractivity contribution >= 4 is 0 Å². The van der Waals surface area contributed by atoms with Crippen molar-refractivity contribution in [2.75, 3.05) is 7.11 Å². The summed E-state index contributed by atoms with van der Waals surface area (Å²) >= 11 is 0. The lowest BCUT2D eigenvalue weighted by Crippen LogP contribution is -1.95. The first-order chi connectivity index (χ1) is 9.28. The predicted molar refractivity (Wildman–Crippen MR) is 71.4 cm³/mol. The Labute approximate surface area is 111 Å². The van der Waals surface area contributed by atoms with Crippen LogP contribution in [-0.2, 0) is 13.2 Å². The lowest BCUT2D eigenvalue weighted by molar-refractivity contribution is 0.275. The van der Waals surface area contributed by atoms with Gasteiger partial charge < -0.3 is 19.7 Å². The summed E-state index contributed by atoms with van der Waals surface area (Å²) in [5.74, 6) is 1.67. The summed E-state index contributed by atoms with van der Waals surface area (Å²) in [6, 6.07) is 12.5. The lowest BCUT2D eigenvalue weighted by Gasteiger charge is -2.13. The van der Waals surface area contributed by atoms with E-state index in [1.807, 2.05) is 12.1 Å². The van der Waals surface area contributed by atoms with Gasteiger partial charge in [-0.3, -0.25) is 0 Å². The maximum atomic E-state index is 9.26. The third-order valence-corrected chi connectivity index (χ3v) is 2.77. The second-order valence-electron chi connectivity index (χ2n) is 4.01. The van der Waals surface area contributed by atoms with Crippen molar-refractivity contribution in [2.45, 2.75) is 13.2 Å². The van der Waals surface area contributed by atoms with Gasteiger partial charge in [0, 0.05) is 5.56 Å². The van der Waals surface area contributed by atoms with Crippen molar-refractivity contribution in [1.82, 2.24) is 0 Å². The summed E-state index contributed by atoms with van der Waals surface area (Å²) in [6.07, 6.45) is 0. The maximum absolute atomic E-state index is 9.26. The summed E-state index contributed by atoms with van der Waals surface area (Å²) < 4.78 is 11.0. The molecule has 0 aromatic heterocycles. The van der Waals surface area contributed by atoms with Crippen LogP contribution in [0.5, 0.6) is 17.2 Å². The summed E-state index contributed by atoms with van der Waals surface area (Å²) in [5, 5.41) is 18.4. The van der Waals surface area contributed by atoms with Gasteiger partial charge in [0.05, 0.1) is 20.3 Å². The number of aliphatic hydroxyl groups excluding tert-OH is 2. The van der Waals surface area contributed by atoms with Crippen LogP contribution in [0, 0.1) is 0 Å². The van der Waals surface area contributed by atoms with Gasteiger partial charge in [0.2, 0.25) is 0 Å². The molecule has 0 spiro atoms. The molecule has 0 heterocycles. The third kappa shape index (κ3) is 3.05. The molecule has 0 aliphatic carbocycles. The second-order valence-corrected chi connectivity index (χ2v) is 4.01. The Hall–Kier alpha value is -2.04. The summed E-state index contributed by atoms with van der Waals surface area (Å²) in [7, 11) is 1.54. The molecule has 0 amide bonds. The minimum Gasteiger partial charge on any atom is -0.493 e. The monoisotopic (exact) mass is 260 g/mol. The average Bonchev–Trinajstić information content (AvgIpc) is 2.48. The van der Waals surface area contributed by atoms with E-state index in [9.17, 15) is 5.11 Å². The van der Waals surface area contributed by atoms with Gasteiger partial charge in [-0.25, -0.2) is 0 Å². The molecule has 100 valence electrons. The van der Waals surface area contributed by atoms with Crippen LogP contribution < -0.4 is 9.47 Å². The van der Waals surface area contributed by atoms with Gasteiger partial charge in [0.15, 0.2) is 11.5 Å². The minimum atomic E-state index is -0.0901. The van der Waals surface area contributed by atoms with E-state index in [0.717, 1.165) is 5.56 Å². The smallest absolute Gasteiger partial charge is 0.169 e. The van der Waals surface area contributed by atoms with Crippen LogP contribution in [0.3, 0.4) is 0 Å². The van der Waals surface area contributed by atoms with Gasteiger partial charge in [0.1, 0.15) is 5.75 Å². The number of hydrogen-bond acceptors (Lipinski definition) is 4. The Morgan fingerprint density at radius 2 is 1.68 bits per heavy atom. The molecule has 0 saturated carbocycles. The first-order valence-corrected chi connectivity index (χ1v) is 5.93. The fraction of sp³-hybridized carbons (Fsp3) is 0.200. The average molecular weight is 260 g/mol. The van der Waals surface area contributed by atoms with Crippen LogP contribution in [0.4, 0.5) is 0 Å². The standard InChI is InChI=1S/C15H16O4/c1-18-15-8-11(9-16)6-7-14(15)19-13-5-3-2-4-12(13)10-17/h2-8,16-17H,9-10H2,1H3. The number of para-hydroxylation sites is 1. The van der Waals surface area contributed by atoms with Crippen molar-refractivity contribution in [1.29, 1.82) is 0 Å². The number of hydrogen-bond donors (Lipinski definition) is 2. The Morgan fingerprint density at radius 3 is 2.37 bits per heavy atom. The molecule has 0 fully saturated rings.